The van der Waals surface area contributed by atoms with Crippen LogP contribution in [0, 0.1) is 0 Å². The molecular weight excluding hydrogens is 270 g/mol. The van der Waals surface area contributed by atoms with E-state index in [-0.39, 0.29) is 6.17 Å². The largest absolute Gasteiger partial charge is 0.370 e. The van der Waals surface area contributed by atoms with Gasteiger partial charge in [-0.15, -0.1) is 0 Å². The predicted octanol–water partition coefficient (Wildman–Crippen LogP) is 4.86. The predicted molar refractivity (Wildman–Crippen MR) is 97.2 cm³/mol. The summed E-state index contributed by atoms with van der Waals surface area (Å²) in [5, 5.41) is 3.38. The fourth-order valence-corrected chi connectivity index (χ4v) is 2.96. The van der Waals surface area contributed by atoms with Crippen LogP contribution in [0.5, 0.6) is 0 Å². The van der Waals surface area contributed by atoms with Gasteiger partial charge in [0.2, 0.25) is 0 Å². The minimum atomic E-state index is 0.0960. The zero-order valence-electron chi connectivity index (χ0n) is 14.8. The number of unbranched alkanes of at least 4 members (excludes halogenated alkanes) is 8. The van der Waals surface area contributed by atoms with Crippen LogP contribution in [0.15, 0.2) is 24.6 Å². The van der Waals surface area contributed by atoms with Crippen molar-refractivity contribution < 1.29 is 0 Å². The van der Waals surface area contributed by atoms with Crippen LogP contribution in [0.1, 0.15) is 84.5 Å². The summed E-state index contributed by atoms with van der Waals surface area (Å²) in [5.74, 6) is 0. The van der Waals surface area contributed by atoms with Gasteiger partial charge in [0.15, 0.2) is 0 Å². The second-order valence-electron chi connectivity index (χ2n) is 6.50. The molecule has 0 bridgehead atoms. The highest BCUT2D eigenvalue weighted by Gasteiger charge is 2.20. The molecule has 2 atom stereocenters. The van der Waals surface area contributed by atoms with E-state index < -0.39 is 0 Å². The Morgan fingerprint density at radius 2 is 1.68 bits per heavy atom. The summed E-state index contributed by atoms with van der Waals surface area (Å²) in [6.45, 7) is 4.31. The van der Waals surface area contributed by atoms with E-state index in [1.54, 1.807) is 0 Å². The third kappa shape index (κ3) is 8.47. The van der Waals surface area contributed by atoms with Crippen LogP contribution in [0.2, 0.25) is 0 Å². The molecule has 0 aromatic rings. The minimum Gasteiger partial charge on any atom is -0.370 e. The Balaban J connectivity index is 1.88. The number of nitrogens with zero attached hydrogens (tertiary/aromatic N) is 1. The third-order valence-electron chi connectivity index (χ3n) is 4.35. The Bertz CT molecular complexity index is 310. The quantitative estimate of drug-likeness (QED) is 0.377. The maximum Gasteiger partial charge on any atom is 0.0995 e. The topological polar surface area (TPSA) is 41.3 Å². The van der Waals surface area contributed by atoms with Gasteiger partial charge >= 0.3 is 0 Å². The number of hydrogen-bond donors (Lipinski definition) is 2. The lowest BCUT2D eigenvalue weighted by Crippen LogP contribution is -2.44. The van der Waals surface area contributed by atoms with Gasteiger partial charge in [-0.25, -0.2) is 0 Å². The van der Waals surface area contributed by atoms with Crippen LogP contribution < -0.4 is 11.1 Å². The number of nitrogens with two attached hydrogens (primary N) is 1. The first-order valence-corrected chi connectivity index (χ1v) is 9.36. The highest BCUT2D eigenvalue weighted by molar-refractivity contribution is 4.95. The van der Waals surface area contributed by atoms with Crippen LogP contribution in [-0.4, -0.2) is 17.2 Å². The van der Waals surface area contributed by atoms with Gasteiger partial charge in [-0.3, -0.25) is 0 Å². The molecule has 0 aromatic carbocycles. The van der Waals surface area contributed by atoms with Crippen molar-refractivity contribution in [2.24, 2.45) is 5.73 Å². The Morgan fingerprint density at radius 3 is 2.32 bits per heavy atom. The summed E-state index contributed by atoms with van der Waals surface area (Å²) >= 11 is 0. The van der Waals surface area contributed by atoms with Crippen molar-refractivity contribution in [2.75, 3.05) is 0 Å². The van der Waals surface area contributed by atoms with Crippen molar-refractivity contribution in [3.63, 3.8) is 0 Å². The minimum absolute atomic E-state index is 0.0960. The van der Waals surface area contributed by atoms with Gasteiger partial charge in [0.25, 0.3) is 0 Å². The lowest BCUT2D eigenvalue weighted by molar-refractivity contribution is 0.208. The summed E-state index contributed by atoms with van der Waals surface area (Å²) in [4.78, 5) is 2.21. The summed E-state index contributed by atoms with van der Waals surface area (Å²) < 4.78 is 0. The monoisotopic (exact) mass is 307 g/mol. The molecule has 1 aliphatic heterocycles. The highest BCUT2D eigenvalue weighted by atomic mass is 15.3. The molecule has 1 aliphatic rings. The molecule has 3 nitrogen and oxygen atoms in total. The molecule has 1 rings (SSSR count). The van der Waals surface area contributed by atoms with Crippen LogP contribution in [0.4, 0.5) is 0 Å². The molecule has 0 aromatic heterocycles. The third-order valence-corrected chi connectivity index (χ3v) is 4.35. The Labute approximate surface area is 138 Å². The van der Waals surface area contributed by atoms with Gasteiger partial charge in [0, 0.05) is 12.4 Å². The molecule has 2 unspecified atom stereocenters. The SMILES string of the molecule is CCCCCC/C=C/CCCCCCC1NC=CN1C(C)N. The van der Waals surface area contributed by atoms with E-state index in [9.17, 15) is 0 Å². The van der Waals surface area contributed by atoms with Crippen LogP contribution in [0.3, 0.4) is 0 Å². The second-order valence-corrected chi connectivity index (χ2v) is 6.50. The van der Waals surface area contributed by atoms with E-state index in [0.29, 0.717) is 6.17 Å². The van der Waals surface area contributed by atoms with Crippen LogP contribution in [-0.2, 0) is 0 Å². The molecule has 0 spiro atoms. The summed E-state index contributed by atoms with van der Waals surface area (Å²) in [6.07, 6.45) is 23.8. The van der Waals surface area contributed by atoms with Crippen molar-refractivity contribution in [3.8, 4) is 0 Å². The van der Waals surface area contributed by atoms with Gasteiger partial charge < -0.3 is 16.0 Å². The standard InChI is InChI=1S/C19H37N3/c1-3-4-5-6-7-8-9-10-11-12-13-14-15-19-21-16-17-22(19)18(2)20/h8-9,16-19,21H,3-7,10-15,20H2,1-2H3/b9-8+. The molecule has 0 saturated carbocycles. The maximum atomic E-state index is 5.95. The van der Waals surface area contributed by atoms with Crippen molar-refractivity contribution >= 4 is 0 Å². The molecule has 3 heteroatoms. The van der Waals surface area contributed by atoms with Gasteiger partial charge in [-0.05, 0) is 45.4 Å². The molecule has 0 saturated heterocycles. The normalized spacial score (nSPS) is 19.0. The highest BCUT2D eigenvalue weighted by Crippen LogP contribution is 2.15. The first-order valence-electron chi connectivity index (χ1n) is 9.36. The first-order chi connectivity index (χ1) is 10.8. The van der Waals surface area contributed by atoms with Crippen molar-refractivity contribution in [1.29, 1.82) is 0 Å². The van der Waals surface area contributed by atoms with E-state index >= 15 is 0 Å². The average Bonchev–Trinajstić information content (AvgIpc) is 2.97. The van der Waals surface area contributed by atoms with Crippen LogP contribution >= 0.6 is 0 Å². The fraction of sp³-hybridized carbons (Fsp3) is 0.789. The van der Waals surface area contributed by atoms with Crippen molar-refractivity contribution in [1.82, 2.24) is 10.2 Å². The van der Waals surface area contributed by atoms with Gasteiger partial charge in [-0.2, -0.15) is 0 Å². The zero-order chi connectivity index (χ0) is 16.0. The number of nitrogens with one attached hydrogen (secondary N) is 1. The van der Waals surface area contributed by atoms with Gasteiger partial charge in [0.1, 0.15) is 0 Å². The molecule has 0 amide bonds. The Kier molecular flexibility index (Phi) is 10.9. The van der Waals surface area contributed by atoms with Crippen molar-refractivity contribution in [3.05, 3.63) is 24.6 Å². The number of allylic oxidation sites excluding steroid dienone is 2. The summed E-state index contributed by atoms with van der Waals surface area (Å²) in [6, 6.07) is 0. The molecule has 1 heterocycles. The molecule has 128 valence electrons. The molecular formula is C19H37N3. The Hall–Kier alpha value is -0.960. The number of hydrogen-bond acceptors (Lipinski definition) is 3. The first kappa shape index (κ1) is 19.1. The van der Waals surface area contributed by atoms with E-state index in [0.717, 1.165) is 0 Å². The molecule has 0 aliphatic carbocycles. The average molecular weight is 308 g/mol. The smallest absolute Gasteiger partial charge is 0.0995 e. The molecule has 22 heavy (non-hydrogen) atoms. The van der Waals surface area contributed by atoms with Crippen LogP contribution in [0.25, 0.3) is 0 Å². The van der Waals surface area contributed by atoms with E-state index in [4.69, 9.17) is 5.73 Å². The lowest BCUT2D eigenvalue weighted by atomic mass is 10.1. The second kappa shape index (κ2) is 12.6. The van der Waals surface area contributed by atoms with E-state index in [1.807, 2.05) is 13.1 Å². The van der Waals surface area contributed by atoms with E-state index in [1.165, 1.54) is 70.6 Å². The van der Waals surface area contributed by atoms with E-state index in [2.05, 4.69) is 35.5 Å². The molecule has 0 fully saturated rings. The van der Waals surface area contributed by atoms with Gasteiger partial charge in [-0.1, -0.05) is 51.2 Å². The summed E-state index contributed by atoms with van der Waals surface area (Å²) in [7, 11) is 0. The molecule has 0 radical (unpaired) electrons. The lowest BCUT2D eigenvalue weighted by Gasteiger charge is -2.28. The number of rotatable bonds is 13. The Morgan fingerprint density at radius 1 is 1.05 bits per heavy atom. The van der Waals surface area contributed by atoms with Crippen molar-refractivity contribution in [2.45, 2.75) is 96.8 Å². The maximum absolute atomic E-state index is 5.95. The zero-order valence-corrected chi connectivity index (χ0v) is 14.8. The molecule has 3 N–H and O–H groups in total. The summed E-state index contributed by atoms with van der Waals surface area (Å²) in [5.41, 5.74) is 5.95. The fourth-order valence-electron chi connectivity index (χ4n) is 2.96. The van der Waals surface area contributed by atoms with Gasteiger partial charge in [0.05, 0.1) is 12.3 Å².